The minimum atomic E-state index is 0.319. The van der Waals surface area contributed by atoms with E-state index in [2.05, 4.69) is 29.9 Å². The van der Waals surface area contributed by atoms with Crippen molar-refractivity contribution in [1.29, 1.82) is 0 Å². The molecule has 0 bridgehead atoms. The zero-order valence-corrected chi connectivity index (χ0v) is 22.6. The van der Waals surface area contributed by atoms with E-state index in [9.17, 15) is 0 Å². The van der Waals surface area contributed by atoms with Gasteiger partial charge in [-0.2, -0.15) is 0 Å². The second kappa shape index (κ2) is 14.1. The molecule has 0 saturated heterocycles. The zero-order chi connectivity index (χ0) is 26.6. The maximum Gasteiger partial charge on any atom is 0.239 e. The first-order valence-corrected chi connectivity index (χ1v) is 12.9. The van der Waals surface area contributed by atoms with Gasteiger partial charge < -0.3 is 14.6 Å². The summed E-state index contributed by atoms with van der Waals surface area (Å²) in [4.78, 5) is 13.0. The summed E-state index contributed by atoms with van der Waals surface area (Å²) in [6.45, 7) is 6.21. The lowest BCUT2D eigenvalue weighted by atomic mass is 10.2. The molecule has 0 aliphatic heterocycles. The highest BCUT2D eigenvalue weighted by Gasteiger charge is 2.22. The lowest BCUT2D eigenvalue weighted by Gasteiger charge is -2.17. The number of aromatic nitrogens is 6. The van der Waals surface area contributed by atoms with Crippen LogP contribution in [-0.2, 0) is 6.42 Å². The average Bonchev–Trinajstić information content (AvgIpc) is 3.35. The fraction of sp³-hybridized carbons (Fsp3) is 0.346. The standard InChI is InChI=1S/C23H25N7O2S.C3H8O/c1-15-10-17(14-24-11-15)22-27-28-23(29-33-9-8-20-25-12-16(2)13-26-20)30(22)21-18(31-3)6-5-7-19(21)32-4;1-2-3-4/h5-7,10-14H,8-9H2,1-4H3,(H,28,29);4H,2-3H2,1H3. The van der Waals surface area contributed by atoms with Crippen LogP contribution in [0.3, 0.4) is 0 Å². The molecule has 10 nitrogen and oxygen atoms in total. The molecule has 0 fully saturated rings. The van der Waals surface area contributed by atoms with Crippen LogP contribution in [0, 0.1) is 13.8 Å². The fourth-order valence-corrected chi connectivity index (χ4v) is 3.93. The molecule has 0 aliphatic carbocycles. The van der Waals surface area contributed by atoms with Crippen LogP contribution in [0.15, 0.2) is 49.1 Å². The number of para-hydroxylation sites is 1. The number of nitrogens with zero attached hydrogens (tertiary/aromatic N) is 6. The molecule has 4 aromatic rings. The third-order valence-corrected chi connectivity index (χ3v) is 5.81. The summed E-state index contributed by atoms with van der Waals surface area (Å²) in [6, 6.07) is 7.65. The predicted octanol–water partition coefficient (Wildman–Crippen LogP) is 4.44. The molecule has 4 rings (SSSR count). The van der Waals surface area contributed by atoms with Gasteiger partial charge in [0, 0.05) is 49.1 Å². The van der Waals surface area contributed by atoms with Crippen molar-refractivity contribution in [3.63, 3.8) is 0 Å². The number of aliphatic hydroxyl groups excluding tert-OH is 1. The highest BCUT2D eigenvalue weighted by molar-refractivity contribution is 8.00. The molecular formula is C26H33N7O3S. The lowest BCUT2D eigenvalue weighted by molar-refractivity contribution is 0.295. The molecule has 11 heteroatoms. The monoisotopic (exact) mass is 523 g/mol. The van der Waals surface area contributed by atoms with Crippen LogP contribution in [0.25, 0.3) is 17.1 Å². The number of ether oxygens (including phenoxy) is 2. The first-order chi connectivity index (χ1) is 18.0. The summed E-state index contributed by atoms with van der Waals surface area (Å²) < 4.78 is 16.5. The SMILES string of the molecule is CCCO.COc1cccc(OC)c1-n1c(NSCCc2ncc(C)cn2)nnc1-c1cncc(C)c1. The van der Waals surface area contributed by atoms with Gasteiger partial charge in [0.1, 0.15) is 23.0 Å². The van der Waals surface area contributed by atoms with Gasteiger partial charge in [-0.05, 0) is 61.5 Å². The topological polar surface area (TPSA) is 120 Å². The van der Waals surface area contributed by atoms with Crippen LogP contribution in [0.2, 0.25) is 0 Å². The third-order valence-electron chi connectivity index (χ3n) is 5.07. The number of pyridine rings is 1. The summed E-state index contributed by atoms with van der Waals surface area (Å²) in [5.74, 6) is 3.99. The highest BCUT2D eigenvalue weighted by Crippen LogP contribution is 2.37. The molecule has 3 heterocycles. The van der Waals surface area contributed by atoms with Crippen LogP contribution in [0.1, 0.15) is 30.3 Å². The van der Waals surface area contributed by atoms with E-state index in [1.807, 2.05) is 62.0 Å². The Balaban J connectivity index is 0.000000886. The first kappa shape index (κ1) is 27.9. The Bertz CT molecular complexity index is 1240. The molecule has 0 saturated carbocycles. The first-order valence-electron chi connectivity index (χ1n) is 11.9. The Morgan fingerprint density at radius 3 is 2.24 bits per heavy atom. The van der Waals surface area contributed by atoms with Gasteiger partial charge in [0.2, 0.25) is 5.95 Å². The van der Waals surface area contributed by atoms with Gasteiger partial charge in [0.05, 0.1) is 14.2 Å². The maximum absolute atomic E-state index is 7.88. The van der Waals surface area contributed by atoms with Gasteiger partial charge in [-0.25, -0.2) is 9.97 Å². The number of hydrogen-bond donors (Lipinski definition) is 2. The van der Waals surface area contributed by atoms with Crippen LogP contribution < -0.4 is 14.2 Å². The summed E-state index contributed by atoms with van der Waals surface area (Å²) in [5.41, 5.74) is 3.60. The van der Waals surface area contributed by atoms with Crippen LogP contribution in [-0.4, -0.2) is 61.4 Å². The van der Waals surface area contributed by atoms with Gasteiger partial charge in [0.25, 0.3) is 0 Å². The van der Waals surface area contributed by atoms with Crippen LogP contribution >= 0.6 is 11.9 Å². The number of hydrogen-bond acceptors (Lipinski definition) is 10. The molecule has 2 N–H and O–H groups in total. The van der Waals surface area contributed by atoms with Crippen molar-refractivity contribution >= 4 is 17.9 Å². The number of benzene rings is 1. The number of aliphatic hydroxyl groups is 1. The van der Waals surface area contributed by atoms with E-state index >= 15 is 0 Å². The van der Waals surface area contributed by atoms with E-state index in [1.54, 1.807) is 26.6 Å². The molecule has 0 spiro atoms. The normalized spacial score (nSPS) is 10.4. The zero-order valence-electron chi connectivity index (χ0n) is 21.8. The molecule has 0 atom stereocenters. The molecule has 0 aliphatic rings. The van der Waals surface area contributed by atoms with Gasteiger partial charge in [-0.15, -0.1) is 10.2 Å². The molecule has 0 amide bonds. The van der Waals surface area contributed by atoms with Gasteiger partial charge in [-0.1, -0.05) is 13.0 Å². The Morgan fingerprint density at radius 2 is 1.65 bits per heavy atom. The predicted molar refractivity (Wildman–Crippen MR) is 146 cm³/mol. The maximum atomic E-state index is 7.88. The van der Waals surface area contributed by atoms with E-state index in [0.29, 0.717) is 35.6 Å². The van der Waals surface area contributed by atoms with E-state index in [-0.39, 0.29) is 0 Å². The van der Waals surface area contributed by atoms with E-state index in [4.69, 9.17) is 14.6 Å². The minimum Gasteiger partial charge on any atom is -0.494 e. The van der Waals surface area contributed by atoms with Gasteiger partial charge in [0.15, 0.2) is 5.82 Å². The van der Waals surface area contributed by atoms with Crippen molar-refractivity contribution in [3.05, 3.63) is 66.0 Å². The molecule has 3 aromatic heterocycles. The van der Waals surface area contributed by atoms with Crippen molar-refractivity contribution in [1.82, 2.24) is 29.7 Å². The van der Waals surface area contributed by atoms with Crippen molar-refractivity contribution in [2.75, 3.05) is 31.3 Å². The van der Waals surface area contributed by atoms with E-state index < -0.39 is 0 Å². The largest absolute Gasteiger partial charge is 0.494 e. The van der Waals surface area contributed by atoms with Crippen LogP contribution in [0.5, 0.6) is 11.5 Å². The van der Waals surface area contributed by atoms with Crippen LogP contribution in [0.4, 0.5) is 5.95 Å². The van der Waals surface area contributed by atoms with E-state index in [0.717, 1.165) is 41.1 Å². The Hall–Kier alpha value is -3.70. The Morgan fingerprint density at radius 1 is 0.973 bits per heavy atom. The molecule has 0 radical (unpaired) electrons. The summed E-state index contributed by atoms with van der Waals surface area (Å²) in [6.07, 6.45) is 8.82. The van der Waals surface area contributed by atoms with Crippen molar-refractivity contribution < 1.29 is 14.6 Å². The molecule has 0 unspecified atom stereocenters. The summed E-state index contributed by atoms with van der Waals surface area (Å²) in [5, 5.41) is 16.8. The summed E-state index contributed by atoms with van der Waals surface area (Å²) in [7, 11) is 3.25. The molecule has 196 valence electrons. The van der Waals surface area contributed by atoms with Crippen molar-refractivity contribution in [2.24, 2.45) is 0 Å². The van der Waals surface area contributed by atoms with Gasteiger partial charge in [-0.3, -0.25) is 14.3 Å². The molecular weight excluding hydrogens is 490 g/mol. The Labute approximate surface area is 221 Å². The lowest BCUT2D eigenvalue weighted by Crippen LogP contribution is -2.07. The average molecular weight is 524 g/mol. The second-order valence-corrected chi connectivity index (χ2v) is 8.95. The van der Waals surface area contributed by atoms with E-state index in [1.165, 1.54) is 11.9 Å². The number of methoxy groups -OCH3 is 2. The number of anilines is 1. The second-order valence-electron chi connectivity index (χ2n) is 8.05. The smallest absolute Gasteiger partial charge is 0.239 e. The summed E-state index contributed by atoms with van der Waals surface area (Å²) >= 11 is 1.50. The highest BCUT2D eigenvalue weighted by atomic mass is 32.2. The van der Waals surface area contributed by atoms with Gasteiger partial charge >= 0.3 is 0 Å². The number of aryl methyl sites for hydroxylation is 3. The van der Waals surface area contributed by atoms with Crippen molar-refractivity contribution in [2.45, 2.75) is 33.6 Å². The van der Waals surface area contributed by atoms with Crippen molar-refractivity contribution in [3.8, 4) is 28.6 Å². The third kappa shape index (κ3) is 7.40. The quantitative estimate of drug-likeness (QED) is 0.228. The fourth-order valence-electron chi connectivity index (χ4n) is 3.28. The molecule has 37 heavy (non-hydrogen) atoms. The molecule has 1 aromatic carbocycles. The number of nitrogens with one attached hydrogen (secondary N) is 1. The minimum absolute atomic E-state index is 0.319. The number of rotatable bonds is 10. The Kier molecular flexibility index (Phi) is 10.7.